The normalized spacial score (nSPS) is 26.6. The van der Waals surface area contributed by atoms with Crippen LogP contribution in [0.25, 0.3) is 0 Å². The molecule has 0 aromatic heterocycles. The maximum absolute atomic E-state index is 8.74. The molecule has 2 fully saturated rings. The smallest absolute Gasteiger partial charge is 0.0638 e. The van der Waals surface area contributed by atoms with E-state index in [9.17, 15) is 0 Å². The van der Waals surface area contributed by atoms with Crippen LogP contribution in [0, 0.1) is 11.3 Å². The molecule has 0 spiro atoms. The summed E-state index contributed by atoms with van der Waals surface area (Å²) in [6.45, 7) is 7.19. The quantitative estimate of drug-likeness (QED) is 0.751. The first kappa shape index (κ1) is 12.9. The van der Waals surface area contributed by atoms with Gasteiger partial charge in [0.05, 0.1) is 12.5 Å². The summed E-state index contributed by atoms with van der Waals surface area (Å²) in [7, 11) is 0. The fraction of sp³-hybridized carbons (Fsp3) is 0.929. The molecule has 1 atom stereocenters. The van der Waals surface area contributed by atoms with Crippen molar-refractivity contribution in [2.75, 3.05) is 26.2 Å². The minimum absolute atomic E-state index is 0.447. The van der Waals surface area contributed by atoms with Gasteiger partial charge in [0.2, 0.25) is 0 Å². The summed E-state index contributed by atoms with van der Waals surface area (Å²) in [6, 6.07) is 3.55. The van der Waals surface area contributed by atoms with E-state index in [-0.39, 0.29) is 0 Å². The van der Waals surface area contributed by atoms with Crippen LogP contribution in [0.3, 0.4) is 0 Å². The second-order valence-electron chi connectivity index (χ2n) is 5.58. The van der Waals surface area contributed by atoms with Crippen LogP contribution in [0.2, 0.25) is 0 Å². The molecule has 17 heavy (non-hydrogen) atoms. The van der Waals surface area contributed by atoms with Crippen molar-refractivity contribution < 1.29 is 0 Å². The summed E-state index contributed by atoms with van der Waals surface area (Å²) >= 11 is 0. The summed E-state index contributed by atoms with van der Waals surface area (Å²) in [4.78, 5) is 5.19. The molecule has 0 saturated carbocycles. The van der Waals surface area contributed by atoms with Crippen LogP contribution in [-0.2, 0) is 0 Å². The summed E-state index contributed by atoms with van der Waals surface area (Å²) in [5, 5.41) is 8.74. The highest BCUT2D eigenvalue weighted by Gasteiger charge is 2.27. The Morgan fingerprint density at radius 1 is 1.12 bits per heavy atom. The maximum atomic E-state index is 8.74. The highest BCUT2D eigenvalue weighted by molar-refractivity contribution is 4.86. The molecule has 3 heteroatoms. The van der Waals surface area contributed by atoms with Gasteiger partial charge in [-0.05, 0) is 58.8 Å². The molecule has 3 nitrogen and oxygen atoms in total. The van der Waals surface area contributed by atoms with Crippen molar-refractivity contribution in [3.8, 4) is 6.07 Å². The van der Waals surface area contributed by atoms with E-state index >= 15 is 0 Å². The molecule has 0 N–H and O–H groups in total. The second kappa shape index (κ2) is 6.37. The molecule has 2 aliphatic rings. The Labute approximate surface area is 105 Å². The molecule has 2 heterocycles. The van der Waals surface area contributed by atoms with E-state index in [0.717, 1.165) is 6.04 Å². The Morgan fingerprint density at radius 3 is 2.35 bits per heavy atom. The maximum Gasteiger partial charge on any atom is 0.0638 e. The number of nitrogens with zero attached hydrogens (tertiary/aromatic N) is 3. The number of hydrogen-bond acceptors (Lipinski definition) is 3. The zero-order valence-corrected chi connectivity index (χ0v) is 11.1. The van der Waals surface area contributed by atoms with E-state index in [4.69, 9.17) is 5.26 Å². The number of piperidine rings is 2. The number of likely N-dealkylation sites (tertiary alicyclic amines) is 2. The Bertz CT molecular complexity index is 257. The van der Waals surface area contributed by atoms with Gasteiger partial charge in [0.15, 0.2) is 0 Å². The van der Waals surface area contributed by atoms with Crippen LogP contribution in [0.1, 0.15) is 45.4 Å². The Hall–Kier alpha value is -0.590. The van der Waals surface area contributed by atoms with Crippen molar-refractivity contribution in [2.45, 2.75) is 57.5 Å². The molecule has 2 saturated heterocycles. The standard InChI is InChI=1S/C14H25N3/c1-13(5-8-15)16-11-6-14(7-12-16)17-9-3-2-4-10-17/h13-14H,2-7,9-12H2,1H3. The Kier molecular flexibility index (Phi) is 4.82. The molecule has 0 amide bonds. The van der Waals surface area contributed by atoms with Crippen molar-refractivity contribution in [1.82, 2.24) is 9.80 Å². The lowest BCUT2D eigenvalue weighted by Crippen LogP contribution is -2.48. The van der Waals surface area contributed by atoms with Gasteiger partial charge in [-0.25, -0.2) is 0 Å². The fourth-order valence-corrected chi connectivity index (χ4v) is 3.24. The van der Waals surface area contributed by atoms with E-state index in [2.05, 4.69) is 22.8 Å². The van der Waals surface area contributed by atoms with E-state index in [0.29, 0.717) is 12.5 Å². The Balaban J connectivity index is 1.75. The molecule has 2 aliphatic heterocycles. The third-order valence-corrected chi connectivity index (χ3v) is 4.42. The summed E-state index contributed by atoms with van der Waals surface area (Å²) < 4.78 is 0. The van der Waals surface area contributed by atoms with Gasteiger partial charge in [-0.3, -0.25) is 4.90 Å². The van der Waals surface area contributed by atoms with E-state index in [1.807, 2.05) is 0 Å². The van der Waals surface area contributed by atoms with Crippen molar-refractivity contribution in [1.29, 1.82) is 5.26 Å². The van der Waals surface area contributed by atoms with Gasteiger partial charge in [-0.2, -0.15) is 5.26 Å². The van der Waals surface area contributed by atoms with Crippen LogP contribution in [0.5, 0.6) is 0 Å². The topological polar surface area (TPSA) is 30.3 Å². The Morgan fingerprint density at radius 2 is 1.76 bits per heavy atom. The first-order valence-corrected chi connectivity index (χ1v) is 7.16. The zero-order valence-electron chi connectivity index (χ0n) is 11.1. The van der Waals surface area contributed by atoms with Crippen LogP contribution in [0.4, 0.5) is 0 Å². The first-order valence-electron chi connectivity index (χ1n) is 7.16. The van der Waals surface area contributed by atoms with Crippen LogP contribution in [0.15, 0.2) is 0 Å². The van der Waals surface area contributed by atoms with E-state index < -0.39 is 0 Å². The van der Waals surface area contributed by atoms with Gasteiger partial charge in [-0.15, -0.1) is 0 Å². The third-order valence-electron chi connectivity index (χ3n) is 4.42. The van der Waals surface area contributed by atoms with Gasteiger partial charge in [0.25, 0.3) is 0 Å². The largest absolute Gasteiger partial charge is 0.300 e. The van der Waals surface area contributed by atoms with Gasteiger partial charge < -0.3 is 4.90 Å². The highest BCUT2D eigenvalue weighted by atomic mass is 15.2. The number of hydrogen-bond donors (Lipinski definition) is 0. The molecule has 0 aliphatic carbocycles. The predicted octanol–water partition coefficient (Wildman–Crippen LogP) is 2.24. The van der Waals surface area contributed by atoms with Gasteiger partial charge in [-0.1, -0.05) is 6.42 Å². The van der Waals surface area contributed by atoms with Gasteiger partial charge >= 0.3 is 0 Å². The average Bonchev–Trinajstić information content (AvgIpc) is 2.40. The molecule has 96 valence electrons. The van der Waals surface area contributed by atoms with Crippen molar-refractivity contribution in [2.24, 2.45) is 0 Å². The molecule has 0 bridgehead atoms. The third kappa shape index (κ3) is 3.43. The lowest BCUT2D eigenvalue weighted by Gasteiger charge is -2.41. The monoisotopic (exact) mass is 235 g/mol. The second-order valence-corrected chi connectivity index (χ2v) is 5.58. The predicted molar refractivity (Wildman–Crippen MR) is 69.7 cm³/mol. The minimum atomic E-state index is 0.447. The average molecular weight is 235 g/mol. The molecule has 1 unspecified atom stereocenters. The first-order chi connectivity index (χ1) is 8.31. The van der Waals surface area contributed by atoms with Crippen molar-refractivity contribution in [3.63, 3.8) is 0 Å². The molecular weight excluding hydrogens is 210 g/mol. The molecule has 2 rings (SSSR count). The summed E-state index contributed by atoms with van der Waals surface area (Å²) in [5.41, 5.74) is 0. The zero-order chi connectivity index (χ0) is 12.1. The lowest BCUT2D eigenvalue weighted by molar-refractivity contribution is 0.0768. The van der Waals surface area contributed by atoms with Gasteiger partial charge in [0, 0.05) is 12.1 Å². The van der Waals surface area contributed by atoms with E-state index in [1.165, 1.54) is 58.3 Å². The minimum Gasteiger partial charge on any atom is -0.300 e. The molecule has 0 aromatic carbocycles. The van der Waals surface area contributed by atoms with Gasteiger partial charge in [0.1, 0.15) is 0 Å². The van der Waals surface area contributed by atoms with Crippen molar-refractivity contribution >= 4 is 0 Å². The number of rotatable bonds is 3. The number of nitriles is 1. The van der Waals surface area contributed by atoms with Crippen LogP contribution in [-0.4, -0.2) is 48.1 Å². The van der Waals surface area contributed by atoms with Crippen LogP contribution < -0.4 is 0 Å². The summed E-state index contributed by atoms with van der Waals surface area (Å²) in [6.07, 6.45) is 7.49. The molecular formula is C14H25N3. The van der Waals surface area contributed by atoms with Crippen LogP contribution >= 0.6 is 0 Å². The highest BCUT2D eigenvalue weighted by Crippen LogP contribution is 2.22. The SMILES string of the molecule is CC(CC#N)N1CCC(N2CCCCC2)CC1. The fourth-order valence-electron chi connectivity index (χ4n) is 3.24. The van der Waals surface area contributed by atoms with E-state index in [1.54, 1.807) is 0 Å². The summed E-state index contributed by atoms with van der Waals surface area (Å²) in [5.74, 6) is 0. The molecule has 0 radical (unpaired) electrons. The lowest BCUT2D eigenvalue weighted by atomic mass is 9.98. The van der Waals surface area contributed by atoms with Crippen molar-refractivity contribution in [3.05, 3.63) is 0 Å². The molecule has 0 aromatic rings.